The molecule has 1 aromatic heterocycles. The zero-order valence-electron chi connectivity index (χ0n) is 12.3. The van der Waals surface area contributed by atoms with Crippen molar-refractivity contribution in [2.24, 2.45) is 0 Å². The molecule has 0 fully saturated rings. The Labute approximate surface area is 136 Å². The molecule has 1 amide bonds. The molecule has 1 aliphatic carbocycles. The Balaban J connectivity index is 1.70. The molecule has 0 bridgehead atoms. The second-order valence-corrected chi connectivity index (χ2v) is 5.34. The Morgan fingerprint density at radius 2 is 1.96 bits per heavy atom. The molecule has 24 heavy (non-hydrogen) atoms. The number of halogens is 2. The molecule has 0 unspecified atom stereocenters. The Bertz CT molecular complexity index is 902. The predicted molar refractivity (Wildman–Crippen MR) is 86.7 cm³/mol. The number of nitrogens with one attached hydrogen (secondary N) is 2. The maximum Gasteiger partial charge on any atom is 0.280 e. The minimum Gasteiger partial charge on any atom is -0.339 e. The first-order valence-corrected chi connectivity index (χ1v) is 7.27. The van der Waals surface area contributed by atoms with Crippen molar-refractivity contribution in [3.63, 3.8) is 0 Å². The number of amides is 1. The molecule has 5 nitrogen and oxygen atoms in total. The van der Waals surface area contributed by atoms with Crippen LogP contribution in [-0.4, -0.2) is 22.1 Å². The van der Waals surface area contributed by atoms with Gasteiger partial charge in [-0.25, -0.2) is 13.5 Å². The van der Waals surface area contributed by atoms with Crippen molar-refractivity contribution in [1.29, 1.82) is 0 Å². The van der Waals surface area contributed by atoms with E-state index in [1.807, 2.05) is 6.07 Å². The number of para-hydroxylation sites is 1. The van der Waals surface area contributed by atoms with E-state index in [1.54, 1.807) is 36.4 Å². The molecule has 0 spiro atoms. The van der Waals surface area contributed by atoms with E-state index in [0.717, 1.165) is 10.3 Å². The van der Waals surface area contributed by atoms with Gasteiger partial charge in [0.15, 0.2) is 0 Å². The number of aromatic nitrogens is 2. The smallest absolute Gasteiger partial charge is 0.280 e. The van der Waals surface area contributed by atoms with Gasteiger partial charge in [0.25, 0.3) is 12.3 Å². The van der Waals surface area contributed by atoms with E-state index in [0.29, 0.717) is 11.4 Å². The van der Waals surface area contributed by atoms with Crippen LogP contribution in [0.4, 0.5) is 20.3 Å². The zero-order valence-corrected chi connectivity index (χ0v) is 12.3. The fourth-order valence-corrected chi connectivity index (χ4v) is 2.46. The number of allylic oxidation sites excluding steroid dienone is 5. The third-order valence-corrected chi connectivity index (χ3v) is 3.70. The third-order valence-electron chi connectivity index (χ3n) is 3.70. The molecule has 2 aromatic rings. The maximum atomic E-state index is 13.3. The molecular formula is C17H12F2N4O. The Morgan fingerprint density at radius 1 is 1.21 bits per heavy atom. The highest BCUT2D eigenvalue weighted by atomic mass is 19.3. The van der Waals surface area contributed by atoms with Crippen LogP contribution in [0.3, 0.4) is 0 Å². The minimum absolute atomic E-state index is 0.198. The number of rotatable bonds is 3. The maximum absolute atomic E-state index is 13.3. The van der Waals surface area contributed by atoms with Crippen molar-refractivity contribution < 1.29 is 13.6 Å². The number of benzene rings is 1. The predicted octanol–water partition coefficient (Wildman–Crippen LogP) is 3.49. The molecule has 120 valence electrons. The Hall–Kier alpha value is -3.22. The van der Waals surface area contributed by atoms with Gasteiger partial charge in [0.05, 0.1) is 6.20 Å². The van der Waals surface area contributed by atoms with Crippen LogP contribution in [0.15, 0.2) is 66.0 Å². The SMILES string of the molecule is O=C(Nc1ccccc1)c1cnn2c1NC(=C1C=C1)C=C2C(F)F. The van der Waals surface area contributed by atoms with E-state index in [-0.39, 0.29) is 17.1 Å². The molecule has 2 aliphatic rings. The molecule has 0 radical (unpaired) electrons. The minimum atomic E-state index is -2.70. The lowest BCUT2D eigenvalue weighted by Gasteiger charge is -2.20. The van der Waals surface area contributed by atoms with Gasteiger partial charge >= 0.3 is 0 Å². The number of hydrogen-bond acceptors (Lipinski definition) is 3. The number of alkyl halides is 2. The fraction of sp³-hybridized carbons (Fsp3) is 0.0588. The average Bonchev–Trinajstić information content (AvgIpc) is 3.34. The number of carbonyl (C=O) groups is 1. The molecular weight excluding hydrogens is 314 g/mol. The van der Waals surface area contributed by atoms with E-state index in [4.69, 9.17) is 0 Å². The molecule has 2 heterocycles. The van der Waals surface area contributed by atoms with Gasteiger partial charge in [0, 0.05) is 11.4 Å². The second kappa shape index (κ2) is 5.45. The van der Waals surface area contributed by atoms with Crippen molar-refractivity contribution in [3.05, 3.63) is 71.6 Å². The number of anilines is 2. The van der Waals surface area contributed by atoms with Gasteiger partial charge in [0.2, 0.25) is 0 Å². The van der Waals surface area contributed by atoms with E-state index >= 15 is 0 Å². The van der Waals surface area contributed by atoms with Gasteiger partial charge in [-0.2, -0.15) is 5.10 Å². The van der Waals surface area contributed by atoms with Crippen molar-refractivity contribution in [2.45, 2.75) is 6.43 Å². The topological polar surface area (TPSA) is 59.0 Å². The number of nitrogens with zero attached hydrogens (tertiary/aromatic N) is 2. The second-order valence-electron chi connectivity index (χ2n) is 5.34. The summed E-state index contributed by atoms with van der Waals surface area (Å²) in [5.74, 6) is -0.184. The molecule has 0 saturated carbocycles. The average molecular weight is 326 g/mol. The van der Waals surface area contributed by atoms with E-state index in [1.165, 1.54) is 12.3 Å². The lowest BCUT2D eigenvalue weighted by Crippen LogP contribution is -2.20. The summed E-state index contributed by atoms with van der Waals surface area (Å²) in [6.07, 6.45) is 3.53. The first kappa shape index (κ1) is 14.4. The van der Waals surface area contributed by atoms with Gasteiger partial charge in [-0.1, -0.05) is 30.4 Å². The molecule has 0 atom stereocenters. The van der Waals surface area contributed by atoms with Gasteiger partial charge in [-0.3, -0.25) is 4.79 Å². The molecule has 2 N–H and O–H groups in total. The largest absolute Gasteiger partial charge is 0.339 e. The molecule has 7 heteroatoms. The fourth-order valence-electron chi connectivity index (χ4n) is 2.46. The normalized spacial score (nSPS) is 15.0. The summed E-state index contributed by atoms with van der Waals surface area (Å²) in [6, 6.07) is 8.90. The third kappa shape index (κ3) is 2.50. The summed E-state index contributed by atoms with van der Waals surface area (Å²) in [5.41, 5.74) is 1.91. The quantitative estimate of drug-likeness (QED) is 0.908. The van der Waals surface area contributed by atoms with Gasteiger partial charge < -0.3 is 10.6 Å². The molecule has 0 saturated heterocycles. The molecule has 4 rings (SSSR count). The summed E-state index contributed by atoms with van der Waals surface area (Å²) in [5, 5.41) is 9.67. The van der Waals surface area contributed by atoms with Crippen LogP contribution in [0.25, 0.3) is 5.70 Å². The standard InChI is InChI=1S/C17H12F2N4O/c18-15(19)14-8-13(10-6-7-10)22-16-12(9-20-23(14)16)17(24)21-11-4-2-1-3-5-11/h1-9,15,22H,(H,21,24). The summed E-state index contributed by atoms with van der Waals surface area (Å²) < 4.78 is 27.7. The number of carbonyl (C=O) groups excluding carboxylic acids is 1. The summed E-state index contributed by atoms with van der Waals surface area (Å²) in [6.45, 7) is 0. The first-order valence-electron chi connectivity index (χ1n) is 7.27. The van der Waals surface area contributed by atoms with Crippen molar-refractivity contribution >= 4 is 23.1 Å². The van der Waals surface area contributed by atoms with Crippen molar-refractivity contribution in [3.8, 4) is 0 Å². The van der Waals surface area contributed by atoms with E-state index < -0.39 is 12.3 Å². The summed E-state index contributed by atoms with van der Waals surface area (Å²) >= 11 is 0. The lowest BCUT2D eigenvalue weighted by atomic mass is 10.2. The van der Waals surface area contributed by atoms with Crippen LogP contribution < -0.4 is 10.6 Å². The monoisotopic (exact) mass is 326 g/mol. The summed E-state index contributed by atoms with van der Waals surface area (Å²) in [7, 11) is 0. The van der Waals surface area contributed by atoms with Crippen LogP contribution in [0.5, 0.6) is 0 Å². The van der Waals surface area contributed by atoms with Gasteiger partial charge in [-0.15, -0.1) is 0 Å². The Morgan fingerprint density at radius 3 is 2.62 bits per heavy atom. The lowest BCUT2D eigenvalue weighted by molar-refractivity contribution is 0.102. The van der Waals surface area contributed by atoms with Crippen LogP contribution in [0.1, 0.15) is 10.4 Å². The van der Waals surface area contributed by atoms with Crippen LogP contribution in [0, 0.1) is 0 Å². The highest BCUT2D eigenvalue weighted by Gasteiger charge is 2.28. The summed E-state index contributed by atoms with van der Waals surface area (Å²) in [4.78, 5) is 12.5. The van der Waals surface area contributed by atoms with E-state index in [2.05, 4.69) is 15.7 Å². The molecule has 1 aromatic carbocycles. The Kier molecular flexibility index (Phi) is 3.26. The highest BCUT2D eigenvalue weighted by Crippen LogP contribution is 2.34. The van der Waals surface area contributed by atoms with Gasteiger partial charge in [0.1, 0.15) is 17.1 Å². The highest BCUT2D eigenvalue weighted by molar-refractivity contribution is 6.08. The zero-order chi connectivity index (χ0) is 16.7. The van der Waals surface area contributed by atoms with Crippen molar-refractivity contribution in [1.82, 2.24) is 9.78 Å². The molecule has 1 aliphatic heterocycles. The van der Waals surface area contributed by atoms with Crippen LogP contribution >= 0.6 is 0 Å². The van der Waals surface area contributed by atoms with Gasteiger partial charge in [-0.05, 0) is 23.8 Å². The number of hydrogen-bond donors (Lipinski definition) is 2. The number of fused-ring (bicyclic) bond motifs is 1. The van der Waals surface area contributed by atoms with Crippen molar-refractivity contribution in [2.75, 3.05) is 10.6 Å². The van der Waals surface area contributed by atoms with E-state index in [9.17, 15) is 13.6 Å². The first-order chi connectivity index (χ1) is 11.6. The van der Waals surface area contributed by atoms with Crippen LogP contribution in [0.2, 0.25) is 0 Å². The van der Waals surface area contributed by atoms with Crippen LogP contribution in [-0.2, 0) is 0 Å².